The average molecular weight is 224 g/mol. The molecule has 0 bridgehead atoms. The maximum absolute atomic E-state index is 12.7. The van der Waals surface area contributed by atoms with Gasteiger partial charge in [-0.15, -0.1) is 0 Å². The second-order valence-electron chi connectivity index (χ2n) is 2.77. The Bertz CT molecular complexity index is 319. The normalized spacial score (nSPS) is 11.8. The fraction of sp³-hybridized carbons (Fsp3) is 0.333. The number of alkyl halides is 3. The van der Waals surface area contributed by atoms with E-state index in [-0.39, 0.29) is 17.7 Å². The van der Waals surface area contributed by atoms with Gasteiger partial charge in [-0.2, -0.15) is 25.8 Å². The molecule has 0 amide bonds. The van der Waals surface area contributed by atoms with Gasteiger partial charge >= 0.3 is 6.18 Å². The zero-order chi connectivity index (χ0) is 10.8. The van der Waals surface area contributed by atoms with E-state index in [1.807, 2.05) is 0 Å². The number of rotatable bonds is 2. The van der Waals surface area contributed by atoms with Crippen molar-refractivity contribution >= 4 is 12.6 Å². The fourth-order valence-electron chi connectivity index (χ4n) is 1.17. The van der Waals surface area contributed by atoms with E-state index in [4.69, 9.17) is 0 Å². The molecule has 14 heavy (non-hydrogen) atoms. The van der Waals surface area contributed by atoms with Crippen LogP contribution >= 0.6 is 12.6 Å². The van der Waals surface area contributed by atoms with Crippen LogP contribution in [0.1, 0.15) is 11.1 Å². The van der Waals surface area contributed by atoms with Crippen LogP contribution in [0, 0.1) is 5.82 Å². The number of halogens is 4. The SMILES string of the molecule is Fc1ccc(C(F)(F)F)c(CCS)c1. The van der Waals surface area contributed by atoms with Gasteiger partial charge in [0.2, 0.25) is 0 Å². The molecule has 0 unspecified atom stereocenters. The summed E-state index contributed by atoms with van der Waals surface area (Å²) in [6, 6.07) is 2.47. The van der Waals surface area contributed by atoms with Crippen LogP contribution in [0.25, 0.3) is 0 Å². The Morgan fingerprint density at radius 1 is 1.21 bits per heavy atom. The zero-order valence-corrected chi connectivity index (χ0v) is 8.00. The van der Waals surface area contributed by atoms with Crippen LogP contribution in [0.4, 0.5) is 17.6 Å². The molecule has 0 fully saturated rings. The van der Waals surface area contributed by atoms with Gasteiger partial charge in [0.15, 0.2) is 0 Å². The molecule has 0 aliphatic rings. The number of hydrogen-bond acceptors (Lipinski definition) is 1. The predicted octanol–water partition coefficient (Wildman–Crippen LogP) is 3.32. The van der Waals surface area contributed by atoms with Crippen LogP contribution in [0.5, 0.6) is 0 Å². The molecule has 0 saturated carbocycles. The molecule has 0 atom stereocenters. The van der Waals surface area contributed by atoms with Crippen molar-refractivity contribution in [2.75, 3.05) is 5.75 Å². The molecule has 0 N–H and O–H groups in total. The molecule has 1 aromatic rings. The third-order valence-electron chi connectivity index (χ3n) is 1.75. The molecule has 78 valence electrons. The summed E-state index contributed by atoms with van der Waals surface area (Å²) in [5, 5.41) is 0. The van der Waals surface area contributed by atoms with Gasteiger partial charge in [-0.3, -0.25) is 0 Å². The lowest BCUT2D eigenvalue weighted by Gasteiger charge is -2.11. The summed E-state index contributed by atoms with van der Waals surface area (Å²) in [6.07, 6.45) is -4.32. The van der Waals surface area contributed by atoms with Gasteiger partial charge in [0.05, 0.1) is 5.56 Å². The van der Waals surface area contributed by atoms with Crippen molar-refractivity contribution in [3.63, 3.8) is 0 Å². The van der Waals surface area contributed by atoms with Crippen molar-refractivity contribution in [2.45, 2.75) is 12.6 Å². The maximum Gasteiger partial charge on any atom is 0.416 e. The summed E-state index contributed by atoms with van der Waals surface area (Å²) in [5.41, 5.74) is -0.833. The van der Waals surface area contributed by atoms with E-state index in [2.05, 4.69) is 12.6 Å². The van der Waals surface area contributed by atoms with Gasteiger partial charge in [-0.05, 0) is 35.9 Å². The smallest absolute Gasteiger partial charge is 0.207 e. The minimum absolute atomic E-state index is 0.0486. The standard InChI is InChI=1S/C9H8F4S/c10-7-1-2-8(9(11,12)13)6(5-7)3-4-14/h1-2,5,14H,3-4H2. The molecule has 1 rings (SSSR count). The summed E-state index contributed by atoms with van der Waals surface area (Å²) in [7, 11) is 0. The lowest BCUT2D eigenvalue weighted by molar-refractivity contribution is -0.138. The molecule has 0 nitrogen and oxygen atoms in total. The Hall–Kier alpha value is -0.710. The summed E-state index contributed by atoms with van der Waals surface area (Å²) in [6.45, 7) is 0. The highest BCUT2D eigenvalue weighted by atomic mass is 32.1. The average Bonchev–Trinajstić information content (AvgIpc) is 2.02. The lowest BCUT2D eigenvalue weighted by atomic mass is 10.0. The van der Waals surface area contributed by atoms with E-state index in [9.17, 15) is 17.6 Å². The minimum atomic E-state index is -4.42. The molecular formula is C9H8F4S. The first-order valence-electron chi connectivity index (χ1n) is 3.91. The van der Waals surface area contributed by atoms with Gasteiger partial charge in [-0.1, -0.05) is 0 Å². The number of aryl methyl sites for hydroxylation is 1. The Kier molecular flexibility index (Phi) is 3.42. The summed E-state index contributed by atoms with van der Waals surface area (Å²) in [5.74, 6) is -0.401. The highest BCUT2D eigenvalue weighted by Crippen LogP contribution is 2.32. The first kappa shape index (κ1) is 11.4. The second-order valence-corrected chi connectivity index (χ2v) is 3.22. The zero-order valence-electron chi connectivity index (χ0n) is 7.11. The molecule has 0 spiro atoms. The van der Waals surface area contributed by atoms with Crippen LogP contribution in [-0.2, 0) is 12.6 Å². The Labute approximate surface area is 84.3 Å². The highest BCUT2D eigenvalue weighted by Gasteiger charge is 2.32. The molecule has 0 aliphatic carbocycles. The van der Waals surface area contributed by atoms with Crippen LogP contribution < -0.4 is 0 Å². The second kappa shape index (κ2) is 4.21. The van der Waals surface area contributed by atoms with Crippen molar-refractivity contribution in [1.82, 2.24) is 0 Å². The predicted molar refractivity (Wildman–Crippen MR) is 49.0 cm³/mol. The molecule has 0 saturated heterocycles. The van der Waals surface area contributed by atoms with Crippen LogP contribution in [0.3, 0.4) is 0 Å². The minimum Gasteiger partial charge on any atom is -0.207 e. The van der Waals surface area contributed by atoms with E-state index >= 15 is 0 Å². The fourth-order valence-corrected chi connectivity index (χ4v) is 1.41. The molecule has 1 aromatic carbocycles. The van der Waals surface area contributed by atoms with Gasteiger partial charge < -0.3 is 0 Å². The largest absolute Gasteiger partial charge is 0.416 e. The third kappa shape index (κ3) is 2.64. The first-order valence-corrected chi connectivity index (χ1v) is 4.55. The number of hydrogen-bond donors (Lipinski definition) is 1. The Morgan fingerprint density at radius 2 is 1.86 bits per heavy atom. The Balaban J connectivity index is 3.15. The van der Waals surface area contributed by atoms with Crippen LogP contribution in [0.2, 0.25) is 0 Å². The van der Waals surface area contributed by atoms with Crippen LogP contribution in [-0.4, -0.2) is 5.75 Å². The van der Waals surface area contributed by atoms with E-state index in [0.717, 1.165) is 18.2 Å². The lowest BCUT2D eigenvalue weighted by Crippen LogP contribution is -2.09. The topological polar surface area (TPSA) is 0 Å². The van der Waals surface area contributed by atoms with E-state index in [1.165, 1.54) is 0 Å². The van der Waals surface area contributed by atoms with Crippen molar-refractivity contribution in [3.05, 3.63) is 35.1 Å². The van der Waals surface area contributed by atoms with Crippen molar-refractivity contribution < 1.29 is 17.6 Å². The van der Waals surface area contributed by atoms with Crippen LogP contribution in [0.15, 0.2) is 18.2 Å². The van der Waals surface area contributed by atoms with Gasteiger partial charge in [0.1, 0.15) is 5.82 Å². The molecule has 5 heteroatoms. The number of thiol groups is 1. The highest BCUT2D eigenvalue weighted by molar-refractivity contribution is 7.80. The van der Waals surface area contributed by atoms with Gasteiger partial charge in [-0.25, -0.2) is 4.39 Å². The molecule has 0 heterocycles. The molecule has 0 aromatic heterocycles. The summed E-state index contributed by atoms with van der Waals surface area (Å²) < 4.78 is 49.7. The Morgan fingerprint density at radius 3 is 2.36 bits per heavy atom. The molecule has 0 aliphatic heterocycles. The van der Waals surface area contributed by atoms with Crippen molar-refractivity contribution in [2.24, 2.45) is 0 Å². The summed E-state index contributed by atoms with van der Waals surface area (Å²) >= 11 is 3.82. The van der Waals surface area contributed by atoms with E-state index in [0.29, 0.717) is 0 Å². The van der Waals surface area contributed by atoms with Crippen molar-refractivity contribution in [3.8, 4) is 0 Å². The molecule has 0 radical (unpaired) electrons. The van der Waals surface area contributed by atoms with E-state index in [1.54, 1.807) is 0 Å². The summed E-state index contributed by atoms with van der Waals surface area (Å²) in [4.78, 5) is 0. The van der Waals surface area contributed by atoms with Crippen molar-refractivity contribution in [1.29, 1.82) is 0 Å². The quantitative estimate of drug-likeness (QED) is 0.578. The maximum atomic E-state index is 12.7. The monoisotopic (exact) mass is 224 g/mol. The number of benzene rings is 1. The third-order valence-corrected chi connectivity index (χ3v) is 1.98. The van der Waals surface area contributed by atoms with Gasteiger partial charge in [0.25, 0.3) is 0 Å². The van der Waals surface area contributed by atoms with Gasteiger partial charge in [0, 0.05) is 0 Å². The first-order chi connectivity index (χ1) is 6.45. The molecular weight excluding hydrogens is 216 g/mol. The van der Waals surface area contributed by atoms with E-state index < -0.39 is 17.6 Å².